The number of anilines is 3. The summed E-state index contributed by atoms with van der Waals surface area (Å²) in [5.41, 5.74) is 3.32. The third-order valence-electron chi connectivity index (χ3n) is 6.44. The lowest BCUT2D eigenvalue weighted by Crippen LogP contribution is -2.37. The summed E-state index contributed by atoms with van der Waals surface area (Å²) in [7, 11) is 9.88. The average molecular weight is 449 g/mol. The van der Waals surface area contributed by atoms with Gasteiger partial charge in [0.1, 0.15) is 11.6 Å². The first-order valence-corrected chi connectivity index (χ1v) is 11.7. The second kappa shape index (κ2) is 10.3. The largest absolute Gasteiger partial charge is 0.496 e. The van der Waals surface area contributed by atoms with Gasteiger partial charge in [0.25, 0.3) is 0 Å². The van der Waals surface area contributed by atoms with Crippen molar-refractivity contribution in [2.24, 2.45) is 0 Å². The van der Waals surface area contributed by atoms with Crippen LogP contribution in [-0.4, -0.2) is 57.4 Å². The monoisotopic (exact) mass is 448 g/mol. The maximum absolute atomic E-state index is 5.62. The highest BCUT2D eigenvalue weighted by Gasteiger charge is 2.22. The number of hydrogen-bond donors (Lipinski definition) is 2. The van der Waals surface area contributed by atoms with Crippen molar-refractivity contribution in [1.82, 2.24) is 15.3 Å². The molecule has 0 radical (unpaired) electrons. The molecule has 1 aromatic heterocycles. The summed E-state index contributed by atoms with van der Waals surface area (Å²) in [6.07, 6.45) is 4.46. The Morgan fingerprint density at radius 2 is 1.64 bits per heavy atom. The summed E-state index contributed by atoms with van der Waals surface area (Å²) in [6, 6.07) is 15.5. The topological polar surface area (TPSA) is 65.6 Å². The van der Waals surface area contributed by atoms with E-state index >= 15 is 0 Å². The van der Waals surface area contributed by atoms with Crippen LogP contribution in [0.25, 0.3) is 10.9 Å². The molecule has 2 aromatic carbocycles. The second-order valence-corrected chi connectivity index (χ2v) is 9.25. The molecule has 1 heterocycles. The van der Waals surface area contributed by atoms with Crippen molar-refractivity contribution in [3.63, 3.8) is 0 Å². The Bertz CT molecular complexity index is 1080. The molecule has 0 aliphatic heterocycles. The van der Waals surface area contributed by atoms with Crippen LogP contribution in [0.4, 0.5) is 17.5 Å². The Morgan fingerprint density at radius 3 is 2.33 bits per heavy atom. The zero-order chi connectivity index (χ0) is 23.4. The van der Waals surface area contributed by atoms with Gasteiger partial charge >= 0.3 is 0 Å². The number of methoxy groups -OCH3 is 1. The first-order chi connectivity index (χ1) is 15.9. The molecule has 3 aromatic rings. The molecule has 0 amide bonds. The van der Waals surface area contributed by atoms with Crippen LogP contribution in [0, 0.1) is 0 Å². The van der Waals surface area contributed by atoms with Crippen molar-refractivity contribution >= 4 is 28.4 Å². The molecule has 0 unspecified atom stereocenters. The van der Waals surface area contributed by atoms with Gasteiger partial charge in [0.05, 0.1) is 12.6 Å². The highest BCUT2D eigenvalue weighted by molar-refractivity contribution is 5.90. The maximum atomic E-state index is 5.62. The lowest BCUT2D eigenvalue weighted by molar-refractivity contribution is 0.348. The number of nitrogens with zero attached hydrogens (tertiary/aromatic N) is 4. The van der Waals surface area contributed by atoms with E-state index in [2.05, 4.69) is 50.8 Å². The third kappa shape index (κ3) is 5.47. The molecule has 7 heteroatoms. The van der Waals surface area contributed by atoms with Gasteiger partial charge in [-0.05, 0) is 43.9 Å². The van der Waals surface area contributed by atoms with Gasteiger partial charge in [-0.3, -0.25) is 0 Å². The van der Waals surface area contributed by atoms with Gasteiger partial charge in [-0.1, -0.05) is 18.2 Å². The molecule has 1 saturated carbocycles. The standard InChI is InChI=1S/C26H36N6O/c1-31(2)21-15-10-18(24(16-21)33-5)17-27-19-11-13-20(14-12-19)28-26-29-23-9-7-6-8-22(23)25(30-26)32(3)4/h6-10,15-16,19-20,27H,11-14,17H2,1-5H3,(H,28,29,30). The van der Waals surface area contributed by atoms with Gasteiger partial charge in [-0.15, -0.1) is 0 Å². The molecule has 1 aliphatic rings. The maximum Gasteiger partial charge on any atom is 0.225 e. The fraction of sp³-hybridized carbons (Fsp3) is 0.462. The fourth-order valence-electron chi connectivity index (χ4n) is 4.50. The number of nitrogens with one attached hydrogen (secondary N) is 2. The lowest BCUT2D eigenvalue weighted by atomic mass is 9.91. The minimum absolute atomic E-state index is 0.396. The summed E-state index contributed by atoms with van der Waals surface area (Å²) < 4.78 is 5.62. The highest BCUT2D eigenvalue weighted by atomic mass is 16.5. The first kappa shape index (κ1) is 23.1. The van der Waals surface area contributed by atoms with Crippen molar-refractivity contribution in [2.45, 2.75) is 44.3 Å². The first-order valence-electron chi connectivity index (χ1n) is 11.7. The second-order valence-electron chi connectivity index (χ2n) is 9.25. The number of fused-ring (bicyclic) bond motifs is 1. The number of rotatable bonds is 8. The highest BCUT2D eigenvalue weighted by Crippen LogP contribution is 2.28. The van der Waals surface area contributed by atoms with E-state index in [1.807, 2.05) is 40.3 Å². The molecule has 4 rings (SSSR count). The van der Waals surface area contributed by atoms with E-state index in [1.54, 1.807) is 7.11 Å². The van der Waals surface area contributed by atoms with Gasteiger partial charge in [0.2, 0.25) is 5.95 Å². The zero-order valence-electron chi connectivity index (χ0n) is 20.4. The van der Waals surface area contributed by atoms with Crippen molar-refractivity contribution in [2.75, 3.05) is 50.4 Å². The molecule has 33 heavy (non-hydrogen) atoms. The SMILES string of the molecule is COc1cc(N(C)C)ccc1CNC1CCC(Nc2nc(N(C)C)c3ccccc3n2)CC1. The Balaban J connectivity index is 1.33. The third-order valence-corrected chi connectivity index (χ3v) is 6.44. The normalized spacial score (nSPS) is 18.2. The Morgan fingerprint density at radius 1 is 0.909 bits per heavy atom. The Kier molecular flexibility index (Phi) is 7.18. The predicted molar refractivity (Wildman–Crippen MR) is 138 cm³/mol. The van der Waals surface area contributed by atoms with Gasteiger partial charge in [-0.25, -0.2) is 4.98 Å². The fourth-order valence-corrected chi connectivity index (χ4v) is 4.50. The average Bonchev–Trinajstić information content (AvgIpc) is 2.82. The van der Waals surface area contributed by atoms with E-state index in [1.165, 1.54) is 5.56 Å². The van der Waals surface area contributed by atoms with Gasteiger partial charge in [-0.2, -0.15) is 4.98 Å². The molecule has 1 fully saturated rings. The number of benzene rings is 2. The zero-order valence-corrected chi connectivity index (χ0v) is 20.4. The Hall–Kier alpha value is -3.06. The van der Waals surface area contributed by atoms with Crippen molar-refractivity contribution < 1.29 is 4.74 Å². The van der Waals surface area contributed by atoms with E-state index in [0.29, 0.717) is 12.1 Å². The van der Waals surface area contributed by atoms with Crippen LogP contribution in [0.1, 0.15) is 31.2 Å². The van der Waals surface area contributed by atoms with Crippen molar-refractivity contribution in [1.29, 1.82) is 0 Å². The molecule has 0 bridgehead atoms. The summed E-state index contributed by atoms with van der Waals surface area (Å²) in [6.45, 7) is 0.819. The molecular formula is C26H36N6O. The lowest BCUT2D eigenvalue weighted by Gasteiger charge is -2.30. The summed E-state index contributed by atoms with van der Waals surface area (Å²) in [5, 5.41) is 8.41. The van der Waals surface area contributed by atoms with Crippen LogP contribution in [-0.2, 0) is 6.54 Å². The molecular weight excluding hydrogens is 412 g/mol. The van der Waals surface area contributed by atoms with E-state index in [9.17, 15) is 0 Å². The van der Waals surface area contributed by atoms with Crippen molar-refractivity contribution in [3.05, 3.63) is 48.0 Å². The van der Waals surface area contributed by atoms with E-state index in [0.717, 1.165) is 66.3 Å². The smallest absolute Gasteiger partial charge is 0.225 e. The van der Waals surface area contributed by atoms with E-state index < -0.39 is 0 Å². The summed E-state index contributed by atoms with van der Waals surface area (Å²) >= 11 is 0. The minimum Gasteiger partial charge on any atom is -0.496 e. The van der Waals surface area contributed by atoms with Gasteiger partial charge < -0.3 is 25.2 Å². The van der Waals surface area contributed by atoms with Crippen molar-refractivity contribution in [3.8, 4) is 5.75 Å². The van der Waals surface area contributed by atoms with Crippen LogP contribution >= 0.6 is 0 Å². The van der Waals surface area contributed by atoms with Gasteiger partial charge in [0.15, 0.2) is 0 Å². The van der Waals surface area contributed by atoms with Crippen LogP contribution in [0.3, 0.4) is 0 Å². The van der Waals surface area contributed by atoms with E-state index in [4.69, 9.17) is 14.7 Å². The van der Waals surface area contributed by atoms with Crippen LogP contribution in [0.5, 0.6) is 5.75 Å². The molecule has 1 aliphatic carbocycles. The summed E-state index contributed by atoms with van der Waals surface area (Å²) in [4.78, 5) is 13.7. The van der Waals surface area contributed by atoms with Crippen LogP contribution in [0.2, 0.25) is 0 Å². The summed E-state index contributed by atoms with van der Waals surface area (Å²) in [5.74, 6) is 2.61. The molecule has 0 spiro atoms. The van der Waals surface area contributed by atoms with Crippen LogP contribution < -0.4 is 25.2 Å². The quantitative estimate of drug-likeness (QED) is 0.533. The van der Waals surface area contributed by atoms with E-state index in [-0.39, 0.29) is 0 Å². The molecule has 7 nitrogen and oxygen atoms in total. The molecule has 2 N–H and O–H groups in total. The number of para-hydroxylation sites is 1. The molecule has 0 saturated heterocycles. The van der Waals surface area contributed by atoms with Gasteiger partial charge in [0, 0.05) is 69.5 Å². The Labute approximate surface area is 197 Å². The molecule has 0 atom stereocenters. The number of ether oxygens (including phenoxy) is 1. The molecule has 176 valence electrons. The number of hydrogen-bond acceptors (Lipinski definition) is 7. The minimum atomic E-state index is 0.396. The number of aromatic nitrogens is 2. The predicted octanol–water partition coefficient (Wildman–Crippen LogP) is 4.28. The van der Waals surface area contributed by atoms with Crippen LogP contribution in [0.15, 0.2) is 42.5 Å².